The molecule has 1 aliphatic rings. The van der Waals surface area contributed by atoms with Crippen molar-refractivity contribution in [2.24, 2.45) is 0 Å². The highest BCUT2D eigenvalue weighted by Crippen LogP contribution is 2.31. The van der Waals surface area contributed by atoms with E-state index in [0.717, 1.165) is 42.0 Å². The van der Waals surface area contributed by atoms with Gasteiger partial charge in [-0.1, -0.05) is 36.4 Å². The molecule has 116 valence electrons. The molecular formula is C17H16F3NO. The third-order valence-electron chi connectivity index (χ3n) is 3.78. The number of morpholine rings is 1. The minimum absolute atomic E-state index is 0.176. The second-order valence-corrected chi connectivity index (χ2v) is 5.28. The van der Waals surface area contributed by atoms with Crippen LogP contribution in [0.3, 0.4) is 0 Å². The van der Waals surface area contributed by atoms with Crippen molar-refractivity contribution in [3.63, 3.8) is 0 Å². The highest BCUT2D eigenvalue weighted by Gasteiger charge is 2.29. The van der Waals surface area contributed by atoms with Crippen LogP contribution in [0.5, 0.6) is 0 Å². The Morgan fingerprint density at radius 3 is 2.00 bits per heavy atom. The normalized spacial score (nSPS) is 19.1. The van der Waals surface area contributed by atoms with Gasteiger partial charge in [0.15, 0.2) is 0 Å². The topological polar surface area (TPSA) is 21.3 Å². The van der Waals surface area contributed by atoms with Gasteiger partial charge in [-0.25, -0.2) is 0 Å². The van der Waals surface area contributed by atoms with E-state index in [9.17, 15) is 13.2 Å². The third-order valence-corrected chi connectivity index (χ3v) is 3.78. The smallest absolute Gasteiger partial charge is 0.378 e. The summed E-state index contributed by atoms with van der Waals surface area (Å²) in [5, 5.41) is 3.37. The molecular weight excluding hydrogens is 291 g/mol. The van der Waals surface area contributed by atoms with Crippen molar-refractivity contribution in [2.45, 2.75) is 12.2 Å². The number of nitrogens with one attached hydrogen (secondary N) is 1. The predicted octanol–water partition coefficient (Wildman–Crippen LogP) is 4.03. The number of hydrogen-bond donors (Lipinski definition) is 1. The lowest BCUT2D eigenvalue weighted by molar-refractivity contribution is -0.137. The van der Waals surface area contributed by atoms with Crippen molar-refractivity contribution in [2.75, 3.05) is 19.8 Å². The van der Waals surface area contributed by atoms with Gasteiger partial charge >= 0.3 is 6.18 Å². The van der Waals surface area contributed by atoms with Crippen LogP contribution in [0.1, 0.15) is 17.2 Å². The van der Waals surface area contributed by atoms with Gasteiger partial charge in [0.25, 0.3) is 0 Å². The van der Waals surface area contributed by atoms with E-state index in [2.05, 4.69) is 5.32 Å². The van der Waals surface area contributed by atoms with E-state index in [1.165, 1.54) is 12.1 Å². The van der Waals surface area contributed by atoms with Crippen LogP contribution in [0.4, 0.5) is 13.2 Å². The molecule has 0 amide bonds. The van der Waals surface area contributed by atoms with E-state index in [0.29, 0.717) is 6.61 Å². The summed E-state index contributed by atoms with van der Waals surface area (Å²) in [6, 6.07) is 13.2. The summed E-state index contributed by atoms with van der Waals surface area (Å²) in [5.41, 5.74) is 2.16. The van der Waals surface area contributed by atoms with Gasteiger partial charge in [0.1, 0.15) is 0 Å². The van der Waals surface area contributed by atoms with Gasteiger partial charge in [-0.3, -0.25) is 0 Å². The highest BCUT2D eigenvalue weighted by molar-refractivity contribution is 5.64. The molecule has 3 rings (SSSR count). The fourth-order valence-electron chi connectivity index (χ4n) is 2.54. The molecule has 1 N–H and O–H groups in total. The number of rotatable bonds is 2. The zero-order chi connectivity index (χ0) is 15.6. The van der Waals surface area contributed by atoms with Crippen LogP contribution >= 0.6 is 0 Å². The van der Waals surface area contributed by atoms with Crippen molar-refractivity contribution in [3.05, 3.63) is 59.7 Å². The number of halogens is 3. The maximum atomic E-state index is 12.6. The molecule has 22 heavy (non-hydrogen) atoms. The molecule has 1 atom stereocenters. The summed E-state index contributed by atoms with van der Waals surface area (Å²) < 4.78 is 43.1. The van der Waals surface area contributed by atoms with Gasteiger partial charge in [-0.15, -0.1) is 0 Å². The molecule has 0 radical (unpaired) electrons. The second-order valence-electron chi connectivity index (χ2n) is 5.28. The van der Waals surface area contributed by atoms with E-state index in [-0.39, 0.29) is 6.04 Å². The standard InChI is InChI=1S/C17H16F3NO/c18-17(19,20)15-7-5-13(6-8-15)12-1-3-14(4-2-12)16-11-22-10-9-21-16/h1-8,16,21H,9-11H2/t16-/m0/s1. The number of hydrogen-bond acceptors (Lipinski definition) is 2. The predicted molar refractivity (Wildman–Crippen MR) is 78.4 cm³/mol. The molecule has 1 aliphatic heterocycles. The molecule has 0 spiro atoms. The Bertz CT molecular complexity index is 614. The molecule has 1 fully saturated rings. The summed E-state index contributed by atoms with van der Waals surface area (Å²) in [7, 11) is 0. The second kappa shape index (κ2) is 6.10. The molecule has 1 saturated heterocycles. The van der Waals surface area contributed by atoms with Crippen LogP contribution in [-0.4, -0.2) is 19.8 Å². The Hall–Kier alpha value is -1.85. The molecule has 2 aromatic carbocycles. The van der Waals surface area contributed by atoms with E-state index in [4.69, 9.17) is 4.74 Å². The monoisotopic (exact) mass is 307 g/mol. The summed E-state index contributed by atoms with van der Waals surface area (Å²) in [6.07, 6.45) is -4.30. The van der Waals surface area contributed by atoms with Crippen LogP contribution in [0.25, 0.3) is 11.1 Å². The zero-order valence-electron chi connectivity index (χ0n) is 11.9. The van der Waals surface area contributed by atoms with Gasteiger partial charge in [-0.05, 0) is 28.8 Å². The minimum atomic E-state index is -4.30. The van der Waals surface area contributed by atoms with Crippen LogP contribution in [0.15, 0.2) is 48.5 Å². The molecule has 0 aromatic heterocycles. The van der Waals surface area contributed by atoms with E-state index >= 15 is 0 Å². The quantitative estimate of drug-likeness (QED) is 0.904. The number of benzene rings is 2. The Kier molecular flexibility index (Phi) is 4.18. The maximum Gasteiger partial charge on any atom is 0.416 e. The summed E-state index contributed by atoms with van der Waals surface area (Å²) in [5.74, 6) is 0. The van der Waals surface area contributed by atoms with Crippen molar-refractivity contribution < 1.29 is 17.9 Å². The summed E-state index contributed by atoms with van der Waals surface area (Å²) >= 11 is 0. The lowest BCUT2D eigenvalue weighted by Crippen LogP contribution is -2.34. The molecule has 0 saturated carbocycles. The first-order valence-electron chi connectivity index (χ1n) is 7.13. The summed E-state index contributed by atoms with van der Waals surface area (Å²) in [6.45, 7) is 2.19. The van der Waals surface area contributed by atoms with Gasteiger partial charge in [0, 0.05) is 6.54 Å². The fourth-order valence-corrected chi connectivity index (χ4v) is 2.54. The lowest BCUT2D eigenvalue weighted by Gasteiger charge is -2.24. The molecule has 0 bridgehead atoms. The van der Waals surface area contributed by atoms with Gasteiger partial charge < -0.3 is 10.1 Å². The molecule has 0 unspecified atom stereocenters. The number of ether oxygens (including phenoxy) is 1. The van der Waals surface area contributed by atoms with Crippen LogP contribution in [0.2, 0.25) is 0 Å². The Labute approximate surface area is 126 Å². The third kappa shape index (κ3) is 3.31. The summed E-state index contributed by atoms with van der Waals surface area (Å²) in [4.78, 5) is 0. The molecule has 2 nitrogen and oxygen atoms in total. The van der Waals surface area contributed by atoms with Crippen LogP contribution in [-0.2, 0) is 10.9 Å². The largest absolute Gasteiger partial charge is 0.416 e. The SMILES string of the molecule is FC(F)(F)c1ccc(-c2ccc([C@@H]3COCCN3)cc2)cc1. The zero-order valence-corrected chi connectivity index (χ0v) is 11.9. The van der Waals surface area contributed by atoms with Crippen molar-refractivity contribution in [1.82, 2.24) is 5.32 Å². The first-order valence-corrected chi connectivity index (χ1v) is 7.13. The molecule has 0 aliphatic carbocycles. The Balaban J connectivity index is 1.77. The average molecular weight is 307 g/mol. The van der Waals surface area contributed by atoms with Crippen molar-refractivity contribution >= 4 is 0 Å². The first-order chi connectivity index (χ1) is 10.5. The van der Waals surface area contributed by atoms with E-state index < -0.39 is 11.7 Å². The maximum absolute atomic E-state index is 12.6. The Morgan fingerprint density at radius 2 is 1.50 bits per heavy atom. The molecule has 2 aromatic rings. The van der Waals surface area contributed by atoms with Gasteiger partial charge in [0.05, 0.1) is 24.8 Å². The fraction of sp³-hybridized carbons (Fsp3) is 0.294. The highest BCUT2D eigenvalue weighted by atomic mass is 19.4. The Morgan fingerprint density at radius 1 is 0.909 bits per heavy atom. The van der Waals surface area contributed by atoms with Gasteiger partial charge in [0.2, 0.25) is 0 Å². The minimum Gasteiger partial charge on any atom is -0.378 e. The molecule has 5 heteroatoms. The van der Waals surface area contributed by atoms with Gasteiger partial charge in [-0.2, -0.15) is 13.2 Å². The van der Waals surface area contributed by atoms with E-state index in [1.54, 1.807) is 0 Å². The van der Waals surface area contributed by atoms with Crippen molar-refractivity contribution in [3.8, 4) is 11.1 Å². The van der Waals surface area contributed by atoms with Crippen LogP contribution < -0.4 is 5.32 Å². The number of alkyl halides is 3. The first kappa shape index (κ1) is 15.1. The average Bonchev–Trinajstić information content (AvgIpc) is 2.55. The molecule has 1 heterocycles. The van der Waals surface area contributed by atoms with E-state index in [1.807, 2.05) is 24.3 Å². The van der Waals surface area contributed by atoms with Crippen LogP contribution in [0, 0.1) is 0 Å². The van der Waals surface area contributed by atoms with Crippen molar-refractivity contribution in [1.29, 1.82) is 0 Å². The lowest BCUT2D eigenvalue weighted by atomic mass is 10.00.